The lowest BCUT2D eigenvalue weighted by Gasteiger charge is -2.07. The highest BCUT2D eigenvalue weighted by molar-refractivity contribution is 14.1. The third-order valence-corrected chi connectivity index (χ3v) is 3.22. The summed E-state index contributed by atoms with van der Waals surface area (Å²) in [6.45, 7) is 1.44. The van der Waals surface area contributed by atoms with Crippen LogP contribution >= 0.6 is 22.6 Å². The normalized spacial score (nSPS) is 9.90. The molecule has 2 amide bonds. The smallest absolute Gasteiger partial charge is 0.255 e. The summed E-state index contributed by atoms with van der Waals surface area (Å²) >= 11 is 2.19. The largest absolute Gasteiger partial charge is 0.326 e. The van der Waals surface area contributed by atoms with Crippen LogP contribution in [0.3, 0.4) is 0 Å². The molecule has 0 aromatic heterocycles. The molecule has 2 aromatic rings. The van der Waals surface area contributed by atoms with Gasteiger partial charge in [0.05, 0.1) is 0 Å². The monoisotopic (exact) mass is 380 g/mol. The highest BCUT2D eigenvalue weighted by Gasteiger charge is 2.06. The molecule has 0 bridgehead atoms. The van der Waals surface area contributed by atoms with Crippen molar-refractivity contribution in [3.63, 3.8) is 0 Å². The Morgan fingerprint density at radius 3 is 2.25 bits per heavy atom. The van der Waals surface area contributed by atoms with Crippen molar-refractivity contribution >= 4 is 45.8 Å². The van der Waals surface area contributed by atoms with E-state index in [1.807, 2.05) is 24.3 Å². The Bertz CT molecular complexity index is 639. The van der Waals surface area contributed by atoms with Crippen LogP contribution in [0, 0.1) is 3.57 Å². The van der Waals surface area contributed by atoms with Crippen molar-refractivity contribution in [1.82, 2.24) is 0 Å². The van der Waals surface area contributed by atoms with Gasteiger partial charge in [-0.25, -0.2) is 0 Å². The van der Waals surface area contributed by atoms with Gasteiger partial charge in [0.25, 0.3) is 5.91 Å². The third kappa shape index (κ3) is 4.06. The summed E-state index contributed by atoms with van der Waals surface area (Å²) < 4.78 is 1.06. The molecule has 0 heterocycles. The van der Waals surface area contributed by atoms with Gasteiger partial charge < -0.3 is 10.6 Å². The van der Waals surface area contributed by atoms with Crippen molar-refractivity contribution in [3.05, 3.63) is 57.7 Å². The second-order valence-electron chi connectivity index (χ2n) is 4.22. The molecule has 0 aliphatic carbocycles. The molecule has 0 saturated heterocycles. The predicted octanol–water partition coefficient (Wildman–Crippen LogP) is 3.50. The van der Waals surface area contributed by atoms with Crippen LogP contribution < -0.4 is 10.6 Å². The molecule has 0 atom stereocenters. The van der Waals surface area contributed by atoms with Gasteiger partial charge in [-0.2, -0.15) is 0 Å². The maximum atomic E-state index is 12.1. The van der Waals surface area contributed by atoms with E-state index in [9.17, 15) is 9.59 Å². The fraction of sp³-hybridized carbons (Fsp3) is 0.0667. The maximum Gasteiger partial charge on any atom is 0.255 e. The van der Waals surface area contributed by atoms with Gasteiger partial charge in [0.15, 0.2) is 0 Å². The molecule has 0 spiro atoms. The van der Waals surface area contributed by atoms with E-state index < -0.39 is 0 Å². The average molecular weight is 380 g/mol. The van der Waals surface area contributed by atoms with Gasteiger partial charge in [0.1, 0.15) is 0 Å². The summed E-state index contributed by atoms with van der Waals surface area (Å²) in [6, 6.07) is 14.3. The lowest BCUT2D eigenvalue weighted by Crippen LogP contribution is -2.12. The Morgan fingerprint density at radius 1 is 0.950 bits per heavy atom. The van der Waals surface area contributed by atoms with E-state index >= 15 is 0 Å². The lowest BCUT2D eigenvalue weighted by atomic mass is 10.2. The van der Waals surface area contributed by atoms with Crippen LogP contribution in [-0.4, -0.2) is 11.8 Å². The first-order valence-corrected chi connectivity index (χ1v) is 7.07. The summed E-state index contributed by atoms with van der Waals surface area (Å²) in [5.41, 5.74) is 1.97. The molecule has 5 heteroatoms. The van der Waals surface area contributed by atoms with Gasteiger partial charge in [-0.1, -0.05) is 6.07 Å². The minimum absolute atomic E-state index is 0.138. The molecule has 0 fully saturated rings. The number of rotatable bonds is 3. The van der Waals surface area contributed by atoms with E-state index in [0.29, 0.717) is 11.3 Å². The maximum absolute atomic E-state index is 12.1. The zero-order valence-electron chi connectivity index (χ0n) is 10.8. The van der Waals surface area contributed by atoms with E-state index in [1.165, 1.54) is 6.92 Å². The van der Waals surface area contributed by atoms with Gasteiger partial charge in [0.2, 0.25) is 5.91 Å². The molecule has 0 aliphatic heterocycles. The zero-order chi connectivity index (χ0) is 14.5. The molecular weight excluding hydrogens is 367 g/mol. The number of nitrogens with one attached hydrogen (secondary N) is 2. The standard InChI is InChI=1S/C15H13IN2O2/c1-10(19)17-13-7-5-11(6-8-13)15(20)18-14-4-2-3-12(16)9-14/h2-9H,1H3,(H,17,19)(H,18,20). The van der Waals surface area contributed by atoms with Crippen LogP contribution in [-0.2, 0) is 4.79 Å². The summed E-state index contributed by atoms with van der Waals surface area (Å²) in [5, 5.41) is 5.48. The van der Waals surface area contributed by atoms with Crippen LogP contribution in [0.15, 0.2) is 48.5 Å². The number of hydrogen-bond donors (Lipinski definition) is 2. The van der Waals surface area contributed by atoms with Crippen LogP contribution in [0.2, 0.25) is 0 Å². The van der Waals surface area contributed by atoms with Gasteiger partial charge in [-0.3, -0.25) is 9.59 Å². The van der Waals surface area contributed by atoms with E-state index in [0.717, 1.165) is 9.26 Å². The summed E-state index contributed by atoms with van der Waals surface area (Å²) in [4.78, 5) is 23.0. The van der Waals surface area contributed by atoms with Gasteiger partial charge in [-0.05, 0) is 65.1 Å². The minimum Gasteiger partial charge on any atom is -0.326 e. The second-order valence-corrected chi connectivity index (χ2v) is 5.47. The predicted molar refractivity (Wildman–Crippen MR) is 87.9 cm³/mol. The number of halogens is 1. The number of carbonyl (C=O) groups is 2. The first kappa shape index (κ1) is 14.5. The van der Waals surface area contributed by atoms with Crippen molar-refractivity contribution in [2.24, 2.45) is 0 Å². The van der Waals surface area contributed by atoms with E-state index in [-0.39, 0.29) is 11.8 Å². The Labute approximate surface area is 130 Å². The summed E-state index contributed by atoms with van der Waals surface area (Å²) in [5.74, 6) is -0.317. The first-order chi connectivity index (χ1) is 9.54. The van der Waals surface area contributed by atoms with E-state index in [4.69, 9.17) is 0 Å². The molecule has 2 rings (SSSR count). The molecular formula is C15H13IN2O2. The molecule has 2 N–H and O–H groups in total. The molecule has 2 aromatic carbocycles. The number of hydrogen-bond acceptors (Lipinski definition) is 2. The first-order valence-electron chi connectivity index (χ1n) is 5.99. The Kier molecular flexibility index (Phi) is 4.73. The third-order valence-electron chi connectivity index (χ3n) is 2.55. The number of benzene rings is 2. The lowest BCUT2D eigenvalue weighted by molar-refractivity contribution is -0.114. The van der Waals surface area contributed by atoms with Gasteiger partial charge in [0, 0.05) is 27.4 Å². The molecule has 20 heavy (non-hydrogen) atoms. The fourth-order valence-electron chi connectivity index (χ4n) is 1.68. The van der Waals surface area contributed by atoms with E-state index in [1.54, 1.807) is 24.3 Å². The second kappa shape index (κ2) is 6.51. The molecule has 0 unspecified atom stereocenters. The van der Waals surface area contributed by atoms with Crippen molar-refractivity contribution < 1.29 is 9.59 Å². The van der Waals surface area contributed by atoms with Crippen molar-refractivity contribution in [3.8, 4) is 0 Å². The fourth-order valence-corrected chi connectivity index (χ4v) is 2.22. The van der Waals surface area contributed by atoms with Gasteiger partial charge >= 0.3 is 0 Å². The van der Waals surface area contributed by atoms with Crippen LogP contribution in [0.4, 0.5) is 11.4 Å². The minimum atomic E-state index is -0.179. The molecule has 0 saturated carbocycles. The van der Waals surface area contributed by atoms with Crippen LogP contribution in [0.5, 0.6) is 0 Å². The quantitative estimate of drug-likeness (QED) is 0.801. The molecule has 102 valence electrons. The number of carbonyl (C=O) groups excluding carboxylic acids is 2. The highest BCUT2D eigenvalue weighted by Crippen LogP contribution is 2.15. The average Bonchev–Trinajstić information content (AvgIpc) is 2.38. The van der Waals surface area contributed by atoms with Gasteiger partial charge in [-0.15, -0.1) is 0 Å². The SMILES string of the molecule is CC(=O)Nc1ccc(C(=O)Nc2cccc(I)c2)cc1. The van der Waals surface area contributed by atoms with Crippen LogP contribution in [0.25, 0.3) is 0 Å². The number of anilines is 2. The zero-order valence-corrected chi connectivity index (χ0v) is 13.0. The van der Waals surface area contributed by atoms with Crippen molar-refractivity contribution in [2.75, 3.05) is 10.6 Å². The highest BCUT2D eigenvalue weighted by atomic mass is 127. The van der Waals surface area contributed by atoms with Crippen molar-refractivity contribution in [1.29, 1.82) is 0 Å². The molecule has 4 nitrogen and oxygen atoms in total. The Morgan fingerprint density at radius 2 is 1.65 bits per heavy atom. The topological polar surface area (TPSA) is 58.2 Å². The Hall–Kier alpha value is -1.89. The van der Waals surface area contributed by atoms with Crippen molar-refractivity contribution in [2.45, 2.75) is 6.92 Å². The molecule has 0 aliphatic rings. The molecule has 0 radical (unpaired) electrons. The summed E-state index contributed by atoms with van der Waals surface area (Å²) in [7, 11) is 0. The number of amides is 2. The summed E-state index contributed by atoms with van der Waals surface area (Å²) in [6.07, 6.45) is 0. The van der Waals surface area contributed by atoms with Crippen LogP contribution in [0.1, 0.15) is 17.3 Å². The Balaban J connectivity index is 2.07. The van der Waals surface area contributed by atoms with E-state index in [2.05, 4.69) is 33.2 Å².